The Labute approximate surface area is 145 Å². The van der Waals surface area contributed by atoms with E-state index in [0.29, 0.717) is 11.5 Å². The fraction of sp³-hybridized carbons (Fsp3) is 0.176. The Hall–Kier alpha value is -2.71. The van der Waals surface area contributed by atoms with Crippen LogP contribution >= 0.6 is 0 Å². The third kappa shape index (κ3) is 3.70. The molecule has 130 valence electrons. The van der Waals surface area contributed by atoms with Gasteiger partial charge in [0, 0.05) is 19.7 Å². The average Bonchev–Trinajstić information content (AvgIpc) is 2.90. The van der Waals surface area contributed by atoms with E-state index in [-0.39, 0.29) is 17.3 Å². The summed E-state index contributed by atoms with van der Waals surface area (Å²) in [6.07, 6.45) is 0. The van der Waals surface area contributed by atoms with E-state index >= 15 is 0 Å². The smallest absolute Gasteiger partial charge is 0.240 e. The minimum atomic E-state index is -3.67. The SMILES string of the molecule is CC(=O)Nc1ccc(S(=O)(=O)NCc2nc3ccccc3n2C)cc1. The molecule has 8 heteroatoms. The lowest BCUT2D eigenvalue weighted by Gasteiger charge is -2.08. The zero-order valence-electron chi connectivity index (χ0n) is 13.9. The normalized spacial score (nSPS) is 11.6. The quantitative estimate of drug-likeness (QED) is 0.730. The predicted molar refractivity (Wildman–Crippen MR) is 95.5 cm³/mol. The highest BCUT2D eigenvalue weighted by molar-refractivity contribution is 7.89. The third-order valence-corrected chi connectivity index (χ3v) is 5.20. The number of rotatable bonds is 5. The maximum Gasteiger partial charge on any atom is 0.240 e. The van der Waals surface area contributed by atoms with E-state index in [1.807, 2.05) is 35.9 Å². The summed E-state index contributed by atoms with van der Waals surface area (Å²) in [5.74, 6) is 0.412. The van der Waals surface area contributed by atoms with Gasteiger partial charge in [-0.3, -0.25) is 4.79 Å². The molecule has 0 fully saturated rings. The second-order valence-electron chi connectivity index (χ2n) is 5.61. The molecule has 2 aromatic carbocycles. The molecule has 3 aromatic rings. The highest BCUT2D eigenvalue weighted by Gasteiger charge is 2.16. The molecule has 1 heterocycles. The molecule has 0 aliphatic heterocycles. The van der Waals surface area contributed by atoms with Crippen molar-refractivity contribution >= 4 is 32.7 Å². The van der Waals surface area contributed by atoms with E-state index in [1.165, 1.54) is 19.1 Å². The van der Waals surface area contributed by atoms with Gasteiger partial charge in [-0.25, -0.2) is 18.1 Å². The van der Waals surface area contributed by atoms with Crippen molar-refractivity contribution in [2.75, 3.05) is 5.32 Å². The summed E-state index contributed by atoms with van der Waals surface area (Å²) in [7, 11) is -1.83. The largest absolute Gasteiger partial charge is 0.330 e. The number of amides is 1. The van der Waals surface area contributed by atoms with Gasteiger partial charge in [0.15, 0.2) is 0 Å². The molecule has 3 rings (SSSR count). The predicted octanol–water partition coefficient (Wildman–Crippen LogP) is 2.01. The molecular weight excluding hydrogens is 340 g/mol. The Balaban J connectivity index is 1.76. The van der Waals surface area contributed by atoms with E-state index in [9.17, 15) is 13.2 Å². The Morgan fingerprint density at radius 3 is 2.44 bits per heavy atom. The van der Waals surface area contributed by atoms with Crippen LogP contribution in [0.2, 0.25) is 0 Å². The van der Waals surface area contributed by atoms with Gasteiger partial charge in [0.1, 0.15) is 5.82 Å². The van der Waals surface area contributed by atoms with Gasteiger partial charge in [0.25, 0.3) is 0 Å². The lowest BCUT2D eigenvalue weighted by Crippen LogP contribution is -2.24. The Morgan fingerprint density at radius 2 is 1.80 bits per heavy atom. The van der Waals surface area contributed by atoms with Crippen LogP contribution in [-0.2, 0) is 28.4 Å². The van der Waals surface area contributed by atoms with Crippen molar-refractivity contribution < 1.29 is 13.2 Å². The molecule has 7 nitrogen and oxygen atoms in total. The summed E-state index contributed by atoms with van der Waals surface area (Å²) in [5.41, 5.74) is 2.30. The first-order valence-corrected chi connectivity index (χ1v) is 9.13. The highest BCUT2D eigenvalue weighted by Crippen LogP contribution is 2.16. The number of aryl methyl sites for hydroxylation is 1. The zero-order chi connectivity index (χ0) is 18.0. The Bertz CT molecular complexity index is 1020. The molecule has 0 saturated heterocycles. The van der Waals surface area contributed by atoms with Crippen molar-refractivity contribution in [1.82, 2.24) is 14.3 Å². The third-order valence-electron chi connectivity index (χ3n) is 3.79. The molecule has 0 aliphatic rings. The number of carbonyl (C=O) groups excluding carboxylic acids is 1. The van der Waals surface area contributed by atoms with Crippen LogP contribution in [0.4, 0.5) is 5.69 Å². The topological polar surface area (TPSA) is 93.1 Å². The molecule has 25 heavy (non-hydrogen) atoms. The van der Waals surface area contributed by atoms with Gasteiger partial charge in [-0.05, 0) is 36.4 Å². The van der Waals surface area contributed by atoms with E-state index in [1.54, 1.807) is 12.1 Å². The lowest BCUT2D eigenvalue weighted by molar-refractivity contribution is -0.114. The number of para-hydroxylation sites is 2. The standard InChI is InChI=1S/C17H18N4O3S/c1-12(22)19-13-7-9-14(10-8-13)25(23,24)18-11-17-20-15-5-3-4-6-16(15)21(17)2/h3-10,18H,11H2,1-2H3,(H,19,22). The van der Waals surface area contributed by atoms with Crippen LogP contribution in [0.25, 0.3) is 11.0 Å². The van der Waals surface area contributed by atoms with Crippen LogP contribution in [0.15, 0.2) is 53.4 Å². The fourth-order valence-corrected chi connectivity index (χ4v) is 3.50. The summed E-state index contributed by atoms with van der Waals surface area (Å²) < 4.78 is 29.3. The van der Waals surface area contributed by atoms with Crippen LogP contribution in [0.3, 0.4) is 0 Å². The molecule has 0 radical (unpaired) electrons. The maximum atomic E-state index is 12.4. The highest BCUT2D eigenvalue weighted by atomic mass is 32.2. The first-order chi connectivity index (χ1) is 11.9. The number of nitrogens with zero attached hydrogens (tertiary/aromatic N) is 2. The van der Waals surface area contributed by atoms with Crippen molar-refractivity contribution in [3.05, 3.63) is 54.4 Å². The molecule has 0 atom stereocenters. The van der Waals surface area contributed by atoms with Gasteiger partial charge < -0.3 is 9.88 Å². The van der Waals surface area contributed by atoms with E-state index in [4.69, 9.17) is 0 Å². The number of aromatic nitrogens is 2. The summed E-state index contributed by atoms with van der Waals surface area (Å²) in [4.78, 5) is 15.6. The first kappa shape index (κ1) is 17.1. The number of imidazole rings is 1. The summed E-state index contributed by atoms with van der Waals surface area (Å²) in [5, 5.41) is 2.60. The number of fused-ring (bicyclic) bond motifs is 1. The number of sulfonamides is 1. The summed E-state index contributed by atoms with van der Waals surface area (Å²) in [6, 6.07) is 13.6. The second-order valence-corrected chi connectivity index (χ2v) is 7.37. The fourth-order valence-electron chi connectivity index (χ4n) is 2.52. The van der Waals surface area contributed by atoms with Gasteiger partial charge in [-0.15, -0.1) is 0 Å². The monoisotopic (exact) mass is 358 g/mol. The maximum absolute atomic E-state index is 12.4. The number of benzene rings is 2. The molecule has 0 bridgehead atoms. The van der Waals surface area contributed by atoms with Crippen molar-refractivity contribution in [3.8, 4) is 0 Å². The van der Waals surface area contributed by atoms with Crippen LogP contribution in [0, 0.1) is 0 Å². The van der Waals surface area contributed by atoms with Crippen molar-refractivity contribution in [2.24, 2.45) is 7.05 Å². The molecule has 0 unspecified atom stereocenters. The molecule has 0 aliphatic carbocycles. The van der Waals surface area contributed by atoms with Crippen LogP contribution < -0.4 is 10.0 Å². The summed E-state index contributed by atoms with van der Waals surface area (Å²) >= 11 is 0. The Morgan fingerprint density at radius 1 is 1.12 bits per heavy atom. The van der Waals surface area contributed by atoms with Gasteiger partial charge in [0.05, 0.1) is 22.5 Å². The van der Waals surface area contributed by atoms with Gasteiger partial charge in [-0.1, -0.05) is 12.1 Å². The number of nitrogens with one attached hydrogen (secondary N) is 2. The van der Waals surface area contributed by atoms with Gasteiger partial charge >= 0.3 is 0 Å². The molecule has 0 saturated carbocycles. The second kappa shape index (κ2) is 6.66. The van der Waals surface area contributed by atoms with E-state index in [0.717, 1.165) is 11.0 Å². The lowest BCUT2D eigenvalue weighted by atomic mass is 10.3. The van der Waals surface area contributed by atoms with Crippen LogP contribution in [-0.4, -0.2) is 23.9 Å². The van der Waals surface area contributed by atoms with Crippen molar-refractivity contribution in [2.45, 2.75) is 18.4 Å². The molecule has 1 amide bonds. The van der Waals surface area contributed by atoms with Crippen molar-refractivity contribution in [3.63, 3.8) is 0 Å². The minimum absolute atomic E-state index is 0.0843. The van der Waals surface area contributed by atoms with Crippen LogP contribution in [0.1, 0.15) is 12.7 Å². The first-order valence-electron chi connectivity index (χ1n) is 7.64. The Kier molecular flexibility index (Phi) is 4.56. The number of hydrogen-bond acceptors (Lipinski definition) is 4. The molecule has 1 aromatic heterocycles. The molecule has 2 N–H and O–H groups in total. The average molecular weight is 358 g/mol. The van der Waals surface area contributed by atoms with E-state index in [2.05, 4.69) is 15.0 Å². The molecule has 0 spiro atoms. The number of anilines is 1. The van der Waals surface area contributed by atoms with Gasteiger partial charge in [-0.2, -0.15) is 0 Å². The van der Waals surface area contributed by atoms with Crippen molar-refractivity contribution in [1.29, 1.82) is 0 Å². The zero-order valence-corrected chi connectivity index (χ0v) is 14.7. The van der Waals surface area contributed by atoms with Crippen LogP contribution in [0.5, 0.6) is 0 Å². The molecular formula is C17H18N4O3S. The van der Waals surface area contributed by atoms with E-state index < -0.39 is 10.0 Å². The number of hydrogen-bond donors (Lipinski definition) is 2. The minimum Gasteiger partial charge on any atom is -0.330 e. The summed E-state index contributed by atoms with van der Waals surface area (Å²) in [6.45, 7) is 1.48. The van der Waals surface area contributed by atoms with Gasteiger partial charge in [0.2, 0.25) is 15.9 Å². The number of carbonyl (C=O) groups is 1.